The van der Waals surface area contributed by atoms with E-state index in [0.717, 1.165) is 70.6 Å². The van der Waals surface area contributed by atoms with Crippen molar-refractivity contribution >= 4 is 31.7 Å². The number of phosphoric ester groups is 1. The summed E-state index contributed by atoms with van der Waals surface area (Å²) in [6.07, 6.45) is 38.2. The first-order chi connectivity index (χ1) is 34.6. The van der Waals surface area contributed by atoms with Gasteiger partial charge >= 0.3 is 31.7 Å². The van der Waals surface area contributed by atoms with Crippen LogP contribution in [0.4, 0.5) is 0 Å². The van der Waals surface area contributed by atoms with Crippen LogP contribution in [0, 0.1) is 0 Å². The monoisotopic (exact) mass is 1050 g/mol. The number of phosphoric acid groups is 1. The number of nitrogens with zero attached hydrogens (tertiary/aromatic N) is 1. The van der Waals surface area contributed by atoms with E-state index in [-0.39, 0.29) is 50.2 Å². The normalized spacial score (nSPS) is 13.1. The summed E-state index contributed by atoms with van der Waals surface area (Å²) >= 11 is 0. The summed E-state index contributed by atoms with van der Waals surface area (Å²) in [5.74, 6) is -1.30. The molecule has 0 aliphatic rings. The average molecular weight is 1050 g/mol. The third kappa shape index (κ3) is 48.9. The van der Waals surface area contributed by atoms with Gasteiger partial charge in [0.1, 0.15) is 32.0 Å². The van der Waals surface area contributed by atoms with E-state index in [4.69, 9.17) is 28.0 Å². The smallest absolute Gasteiger partial charge is 0.462 e. The van der Waals surface area contributed by atoms with E-state index in [2.05, 4.69) is 27.7 Å². The molecule has 0 amide bonds. The molecule has 0 bridgehead atoms. The van der Waals surface area contributed by atoms with E-state index in [1.807, 2.05) is 21.1 Å². The predicted molar refractivity (Wildman–Crippen MR) is 293 cm³/mol. The number of hydrogen-bond donors (Lipinski definition) is 1. The highest BCUT2D eigenvalue weighted by molar-refractivity contribution is 7.47. The van der Waals surface area contributed by atoms with Gasteiger partial charge < -0.3 is 28.3 Å². The standard InChI is InChI=1S/C58H112NO12P/c1-8-12-16-20-24-32-40-52(41-33-25-21-17-13-9-2)69-56(61)45-37-29-28-36-44-55(60)66-50-54(51-68-72(64,65)67-49-48-59(5,6)7)71-58(63)47-39-31-30-38-46-57(62)70-53(42-34-26-22-18-14-10-3)43-35-27-23-19-15-11-4/h52-54H,8-51H2,1-7H3/p+1/t54-/m0/s1. The molecule has 0 fully saturated rings. The van der Waals surface area contributed by atoms with Gasteiger partial charge in [-0.1, -0.05) is 182 Å². The number of hydrogen-bond acceptors (Lipinski definition) is 11. The lowest BCUT2D eigenvalue weighted by molar-refractivity contribution is -0.870. The van der Waals surface area contributed by atoms with E-state index in [1.165, 1.54) is 128 Å². The molecule has 14 heteroatoms. The molecule has 2 atom stereocenters. The Hall–Kier alpha value is -2.05. The van der Waals surface area contributed by atoms with Crippen LogP contribution in [0.15, 0.2) is 0 Å². The highest BCUT2D eigenvalue weighted by Gasteiger charge is 2.27. The molecule has 1 unspecified atom stereocenters. The molecule has 72 heavy (non-hydrogen) atoms. The molecule has 0 heterocycles. The molecule has 0 rings (SSSR count). The van der Waals surface area contributed by atoms with Gasteiger partial charge in [0.25, 0.3) is 0 Å². The molecule has 0 aromatic carbocycles. The molecule has 0 radical (unpaired) electrons. The Morgan fingerprint density at radius 3 is 1.01 bits per heavy atom. The molecular formula is C58H113NO12P+. The zero-order valence-corrected chi connectivity index (χ0v) is 48.6. The third-order valence-corrected chi connectivity index (χ3v) is 14.3. The largest absolute Gasteiger partial charge is 0.472 e. The van der Waals surface area contributed by atoms with Crippen LogP contribution in [0.3, 0.4) is 0 Å². The summed E-state index contributed by atoms with van der Waals surface area (Å²) in [5.41, 5.74) is 0. The number of ether oxygens (including phenoxy) is 4. The van der Waals surface area contributed by atoms with E-state index < -0.39 is 32.5 Å². The van der Waals surface area contributed by atoms with E-state index >= 15 is 0 Å². The second kappa shape index (κ2) is 48.6. The van der Waals surface area contributed by atoms with Gasteiger partial charge in [0.05, 0.1) is 27.7 Å². The summed E-state index contributed by atoms with van der Waals surface area (Å²) in [4.78, 5) is 61.7. The van der Waals surface area contributed by atoms with Gasteiger partial charge in [0.15, 0.2) is 6.10 Å². The fourth-order valence-electron chi connectivity index (χ4n) is 8.67. The van der Waals surface area contributed by atoms with Crippen LogP contribution in [0.1, 0.15) is 285 Å². The van der Waals surface area contributed by atoms with Crippen molar-refractivity contribution in [2.45, 2.75) is 303 Å². The van der Waals surface area contributed by atoms with Gasteiger partial charge in [0, 0.05) is 25.7 Å². The molecule has 0 aliphatic carbocycles. The fourth-order valence-corrected chi connectivity index (χ4v) is 9.41. The first kappa shape index (κ1) is 70.0. The zero-order chi connectivity index (χ0) is 53.4. The van der Waals surface area contributed by atoms with Crippen molar-refractivity contribution in [2.75, 3.05) is 47.5 Å². The van der Waals surface area contributed by atoms with Crippen molar-refractivity contribution in [3.63, 3.8) is 0 Å². The van der Waals surface area contributed by atoms with Crippen molar-refractivity contribution in [2.24, 2.45) is 0 Å². The van der Waals surface area contributed by atoms with Gasteiger partial charge in [-0.25, -0.2) is 4.57 Å². The summed E-state index contributed by atoms with van der Waals surface area (Å²) in [6, 6.07) is 0. The quantitative estimate of drug-likeness (QED) is 0.0202. The van der Waals surface area contributed by atoms with E-state index in [1.54, 1.807) is 0 Å². The Morgan fingerprint density at radius 1 is 0.389 bits per heavy atom. The number of rotatable bonds is 54. The molecule has 0 spiro atoms. The van der Waals surface area contributed by atoms with Gasteiger partial charge in [0.2, 0.25) is 0 Å². The van der Waals surface area contributed by atoms with Crippen LogP contribution in [0.2, 0.25) is 0 Å². The Balaban J connectivity index is 4.92. The second-order valence-corrected chi connectivity index (χ2v) is 23.1. The maximum atomic E-state index is 13.0. The predicted octanol–water partition coefficient (Wildman–Crippen LogP) is 15.8. The number of likely N-dealkylation sites (N-methyl/N-ethyl adjacent to an activating group) is 1. The average Bonchev–Trinajstić information content (AvgIpc) is 3.33. The molecule has 1 N–H and O–H groups in total. The number of unbranched alkanes of at least 4 members (excludes halogenated alkanes) is 26. The van der Waals surface area contributed by atoms with Gasteiger partial charge in [-0.05, 0) is 77.0 Å². The second-order valence-electron chi connectivity index (χ2n) is 21.7. The SMILES string of the molecule is CCCCCCCCC(CCCCCCCC)OC(=O)CCCCCCC(=O)OC[C@@H](COP(=O)(O)OCC[N+](C)(C)C)OC(=O)CCCCCCC(=O)OC(CCCCCCCC)CCCCCCCC. The van der Waals surface area contributed by atoms with Crippen LogP contribution in [0.25, 0.3) is 0 Å². The van der Waals surface area contributed by atoms with Crippen molar-refractivity contribution in [1.29, 1.82) is 0 Å². The molecular weight excluding hydrogens is 934 g/mol. The van der Waals surface area contributed by atoms with Gasteiger partial charge in [-0.2, -0.15) is 0 Å². The molecule has 0 aromatic rings. The maximum absolute atomic E-state index is 13.0. The first-order valence-corrected chi connectivity index (χ1v) is 31.3. The van der Waals surface area contributed by atoms with Crippen molar-refractivity contribution < 1.29 is 61.1 Å². The first-order valence-electron chi connectivity index (χ1n) is 29.8. The Bertz CT molecular complexity index is 1310. The molecule has 426 valence electrons. The number of quaternary nitrogens is 1. The lowest BCUT2D eigenvalue weighted by Gasteiger charge is -2.24. The summed E-state index contributed by atoms with van der Waals surface area (Å²) in [6.45, 7) is 8.52. The highest BCUT2D eigenvalue weighted by atomic mass is 31.2. The molecule has 0 aromatic heterocycles. The minimum atomic E-state index is -4.47. The van der Waals surface area contributed by atoms with Gasteiger partial charge in [-0.15, -0.1) is 0 Å². The molecule has 0 saturated heterocycles. The van der Waals surface area contributed by atoms with E-state index in [0.29, 0.717) is 56.0 Å². The van der Waals surface area contributed by atoms with Gasteiger partial charge in [-0.3, -0.25) is 28.2 Å². The lowest BCUT2D eigenvalue weighted by Crippen LogP contribution is -2.37. The van der Waals surface area contributed by atoms with Crippen molar-refractivity contribution in [3.05, 3.63) is 0 Å². The lowest BCUT2D eigenvalue weighted by atomic mass is 10.0. The van der Waals surface area contributed by atoms with Crippen LogP contribution >= 0.6 is 7.82 Å². The minimum absolute atomic E-state index is 0.00590. The molecule has 13 nitrogen and oxygen atoms in total. The highest BCUT2D eigenvalue weighted by Crippen LogP contribution is 2.43. The van der Waals surface area contributed by atoms with Crippen LogP contribution in [0.5, 0.6) is 0 Å². The van der Waals surface area contributed by atoms with Crippen LogP contribution < -0.4 is 0 Å². The third-order valence-electron chi connectivity index (χ3n) is 13.3. The Kier molecular flexibility index (Phi) is 47.2. The summed E-state index contributed by atoms with van der Waals surface area (Å²) in [5, 5.41) is 0. The molecule has 0 aliphatic heterocycles. The zero-order valence-electron chi connectivity index (χ0n) is 47.7. The maximum Gasteiger partial charge on any atom is 0.472 e. The van der Waals surface area contributed by atoms with E-state index in [9.17, 15) is 28.6 Å². The Morgan fingerprint density at radius 2 is 0.681 bits per heavy atom. The van der Waals surface area contributed by atoms with Crippen molar-refractivity contribution in [3.8, 4) is 0 Å². The Labute approximate surface area is 441 Å². The molecule has 0 saturated carbocycles. The number of esters is 4. The fraction of sp³-hybridized carbons (Fsp3) is 0.931. The number of carbonyl (C=O) groups excluding carboxylic acids is 4. The topological polar surface area (TPSA) is 161 Å². The summed E-state index contributed by atoms with van der Waals surface area (Å²) in [7, 11) is 1.31. The number of carbonyl (C=O) groups is 4. The van der Waals surface area contributed by atoms with Crippen LogP contribution in [-0.2, 0) is 51.7 Å². The summed E-state index contributed by atoms with van der Waals surface area (Å²) < 4.78 is 46.6. The van der Waals surface area contributed by atoms with Crippen molar-refractivity contribution in [1.82, 2.24) is 0 Å². The van der Waals surface area contributed by atoms with Crippen LogP contribution in [-0.4, -0.2) is 99.1 Å². The minimum Gasteiger partial charge on any atom is -0.462 e.